The van der Waals surface area contributed by atoms with Gasteiger partial charge in [0.25, 0.3) is 5.56 Å². The second-order valence-corrected chi connectivity index (χ2v) is 2.96. The summed E-state index contributed by atoms with van der Waals surface area (Å²) in [7, 11) is 0. The molecule has 0 fully saturated rings. The van der Waals surface area contributed by atoms with Gasteiger partial charge in [-0.05, 0) is 13.0 Å². The number of carbonyl (C=O) groups is 1. The third-order valence-corrected chi connectivity index (χ3v) is 1.89. The molecule has 6 heteroatoms. The summed E-state index contributed by atoms with van der Waals surface area (Å²) < 4.78 is 1.41. The Morgan fingerprint density at radius 2 is 2.33 bits per heavy atom. The summed E-state index contributed by atoms with van der Waals surface area (Å²) in [5, 5.41) is 3.90. The van der Waals surface area contributed by atoms with Crippen molar-refractivity contribution in [3.8, 4) is 5.95 Å². The molecule has 0 atom stereocenters. The zero-order valence-corrected chi connectivity index (χ0v) is 7.97. The molecular formula is C9H8N4O2. The number of rotatable bonds is 2. The van der Waals surface area contributed by atoms with Crippen LogP contribution in [0.5, 0.6) is 0 Å². The van der Waals surface area contributed by atoms with Crippen molar-refractivity contribution in [2.24, 2.45) is 0 Å². The average molecular weight is 204 g/mol. The van der Waals surface area contributed by atoms with E-state index in [0.717, 1.165) is 0 Å². The molecule has 2 aromatic rings. The number of Topliss-reactive ketones (excluding diaryl/α,β-unsaturated/α-hetero) is 1. The molecule has 2 rings (SSSR count). The quantitative estimate of drug-likeness (QED) is 0.706. The lowest BCUT2D eigenvalue weighted by atomic mass is 10.2. The van der Waals surface area contributed by atoms with Crippen LogP contribution in [0.4, 0.5) is 0 Å². The zero-order chi connectivity index (χ0) is 10.8. The van der Waals surface area contributed by atoms with E-state index >= 15 is 0 Å². The molecule has 0 saturated heterocycles. The van der Waals surface area contributed by atoms with Gasteiger partial charge in [0.2, 0.25) is 5.95 Å². The van der Waals surface area contributed by atoms with Crippen LogP contribution in [0.1, 0.15) is 17.3 Å². The zero-order valence-electron chi connectivity index (χ0n) is 7.97. The molecule has 0 aliphatic carbocycles. The van der Waals surface area contributed by atoms with E-state index in [-0.39, 0.29) is 17.3 Å². The minimum atomic E-state index is -0.456. The molecule has 2 aromatic heterocycles. The first-order valence-corrected chi connectivity index (χ1v) is 4.29. The van der Waals surface area contributed by atoms with Crippen LogP contribution in [0, 0.1) is 0 Å². The first-order valence-electron chi connectivity index (χ1n) is 4.29. The maximum Gasteiger partial charge on any atom is 0.263 e. The summed E-state index contributed by atoms with van der Waals surface area (Å²) in [6.45, 7) is 1.32. The first kappa shape index (κ1) is 9.32. The minimum Gasteiger partial charge on any atom is -0.294 e. The van der Waals surface area contributed by atoms with Crippen molar-refractivity contribution >= 4 is 5.78 Å². The highest BCUT2D eigenvalue weighted by Gasteiger charge is 2.07. The SMILES string of the molecule is CC(=O)c1cnc(-n2cccn2)[nH]c1=O. The van der Waals surface area contributed by atoms with Crippen molar-refractivity contribution in [3.05, 3.63) is 40.6 Å². The Morgan fingerprint density at radius 1 is 1.53 bits per heavy atom. The molecule has 0 bridgehead atoms. The van der Waals surface area contributed by atoms with Crippen molar-refractivity contribution in [3.63, 3.8) is 0 Å². The van der Waals surface area contributed by atoms with Gasteiger partial charge in [0.1, 0.15) is 5.56 Å². The van der Waals surface area contributed by atoms with Gasteiger partial charge in [-0.3, -0.25) is 14.6 Å². The van der Waals surface area contributed by atoms with Crippen molar-refractivity contribution < 1.29 is 4.79 Å². The predicted molar refractivity (Wildman–Crippen MR) is 52.0 cm³/mol. The van der Waals surface area contributed by atoms with Crippen LogP contribution < -0.4 is 5.56 Å². The Balaban J connectivity index is 2.52. The van der Waals surface area contributed by atoms with Gasteiger partial charge in [-0.25, -0.2) is 9.67 Å². The summed E-state index contributed by atoms with van der Waals surface area (Å²) >= 11 is 0. The Hall–Kier alpha value is -2.24. The summed E-state index contributed by atoms with van der Waals surface area (Å²) in [4.78, 5) is 28.8. The van der Waals surface area contributed by atoms with Crippen LogP contribution >= 0.6 is 0 Å². The lowest BCUT2D eigenvalue weighted by Gasteiger charge is -1.99. The third kappa shape index (κ3) is 1.69. The first-order chi connectivity index (χ1) is 7.18. The van der Waals surface area contributed by atoms with Crippen LogP contribution in [0.2, 0.25) is 0 Å². The van der Waals surface area contributed by atoms with Crippen molar-refractivity contribution in [1.29, 1.82) is 0 Å². The number of carbonyl (C=O) groups excluding carboxylic acids is 1. The van der Waals surface area contributed by atoms with Gasteiger partial charge in [0.15, 0.2) is 5.78 Å². The number of ketones is 1. The third-order valence-electron chi connectivity index (χ3n) is 1.89. The van der Waals surface area contributed by atoms with Crippen molar-refractivity contribution in [1.82, 2.24) is 19.7 Å². The molecule has 0 saturated carbocycles. The number of hydrogen-bond acceptors (Lipinski definition) is 4. The molecule has 0 amide bonds. The van der Waals surface area contributed by atoms with E-state index in [9.17, 15) is 9.59 Å². The number of nitrogens with zero attached hydrogens (tertiary/aromatic N) is 3. The second-order valence-electron chi connectivity index (χ2n) is 2.96. The molecule has 1 N–H and O–H groups in total. The van der Waals surface area contributed by atoms with Crippen LogP contribution in [-0.2, 0) is 0 Å². The summed E-state index contributed by atoms with van der Waals surface area (Å²) in [5.74, 6) is -0.0224. The highest BCUT2D eigenvalue weighted by Crippen LogP contribution is 1.96. The summed E-state index contributed by atoms with van der Waals surface area (Å²) in [5.41, 5.74) is -0.408. The van der Waals surface area contributed by atoms with Gasteiger partial charge in [-0.15, -0.1) is 0 Å². The van der Waals surface area contributed by atoms with E-state index in [1.807, 2.05) is 0 Å². The van der Waals surface area contributed by atoms with E-state index in [1.54, 1.807) is 18.5 Å². The van der Waals surface area contributed by atoms with E-state index in [0.29, 0.717) is 0 Å². The van der Waals surface area contributed by atoms with Gasteiger partial charge >= 0.3 is 0 Å². The standard InChI is InChI=1S/C9H8N4O2/c1-6(14)7-5-10-9(12-8(7)15)13-4-2-3-11-13/h2-5H,1H3,(H,10,12,15). The lowest BCUT2D eigenvalue weighted by molar-refractivity contribution is 0.101. The van der Waals surface area contributed by atoms with Crippen LogP contribution in [0.25, 0.3) is 5.95 Å². The molecule has 0 radical (unpaired) electrons. The molecule has 76 valence electrons. The van der Waals surface area contributed by atoms with Gasteiger partial charge in [-0.2, -0.15) is 5.10 Å². The van der Waals surface area contributed by atoms with Gasteiger partial charge < -0.3 is 0 Å². The van der Waals surface area contributed by atoms with Gasteiger partial charge in [-0.1, -0.05) is 0 Å². The van der Waals surface area contributed by atoms with Crippen LogP contribution in [-0.4, -0.2) is 25.5 Å². The maximum atomic E-state index is 11.4. The Kier molecular flexibility index (Phi) is 2.17. The summed E-state index contributed by atoms with van der Waals surface area (Å²) in [6.07, 6.45) is 4.46. The molecule has 0 spiro atoms. The average Bonchev–Trinajstić information content (AvgIpc) is 2.69. The molecule has 15 heavy (non-hydrogen) atoms. The predicted octanol–water partition coefficient (Wildman–Crippen LogP) is 0.158. The van der Waals surface area contributed by atoms with Crippen LogP contribution in [0.15, 0.2) is 29.5 Å². The second kappa shape index (κ2) is 3.49. The fourth-order valence-corrected chi connectivity index (χ4v) is 1.15. The van der Waals surface area contributed by atoms with E-state index < -0.39 is 5.56 Å². The monoisotopic (exact) mass is 204 g/mol. The fraction of sp³-hybridized carbons (Fsp3) is 0.111. The molecule has 0 aliphatic rings. The number of nitrogens with one attached hydrogen (secondary N) is 1. The summed E-state index contributed by atoms with van der Waals surface area (Å²) in [6, 6.07) is 1.71. The Bertz CT molecular complexity index is 541. The largest absolute Gasteiger partial charge is 0.294 e. The highest BCUT2D eigenvalue weighted by atomic mass is 16.1. The normalized spacial score (nSPS) is 10.2. The molecular weight excluding hydrogens is 196 g/mol. The smallest absolute Gasteiger partial charge is 0.263 e. The molecule has 6 nitrogen and oxygen atoms in total. The molecule has 0 aromatic carbocycles. The van der Waals surface area contributed by atoms with Crippen molar-refractivity contribution in [2.75, 3.05) is 0 Å². The highest BCUT2D eigenvalue weighted by molar-refractivity contribution is 5.93. The van der Waals surface area contributed by atoms with Gasteiger partial charge in [0.05, 0.1) is 0 Å². The number of H-pyrrole nitrogens is 1. The van der Waals surface area contributed by atoms with E-state index in [4.69, 9.17) is 0 Å². The lowest BCUT2D eigenvalue weighted by Crippen LogP contribution is -2.19. The van der Waals surface area contributed by atoms with Crippen molar-refractivity contribution in [2.45, 2.75) is 6.92 Å². The molecule has 2 heterocycles. The number of aromatic nitrogens is 4. The van der Waals surface area contributed by atoms with Crippen LogP contribution in [0.3, 0.4) is 0 Å². The Morgan fingerprint density at radius 3 is 2.87 bits per heavy atom. The van der Waals surface area contributed by atoms with Gasteiger partial charge in [0, 0.05) is 18.6 Å². The topological polar surface area (TPSA) is 80.6 Å². The maximum absolute atomic E-state index is 11.4. The number of hydrogen-bond donors (Lipinski definition) is 1. The van der Waals surface area contributed by atoms with E-state index in [2.05, 4.69) is 15.1 Å². The number of aromatic amines is 1. The minimum absolute atomic E-state index is 0.0471. The van der Waals surface area contributed by atoms with E-state index in [1.165, 1.54) is 17.8 Å². The Labute approximate surface area is 84.6 Å². The molecule has 0 aliphatic heterocycles. The molecule has 0 unspecified atom stereocenters. The fourth-order valence-electron chi connectivity index (χ4n) is 1.15.